The SMILES string of the molecule is C=CC[C@H]1C[C@H](n2cc(C)c(=O)[nH]c2=O)C[C@@H]1CO. The first-order valence-corrected chi connectivity index (χ1v) is 6.60. The highest BCUT2D eigenvalue weighted by molar-refractivity contribution is 5.03. The van der Waals surface area contributed by atoms with Crippen molar-refractivity contribution < 1.29 is 5.11 Å². The molecule has 2 rings (SSSR count). The fraction of sp³-hybridized carbons (Fsp3) is 0.571. The van der Waals surface area contributed by atoms with E-state index in [2.05, 4.69) is 11.6 Å². The number of nitrogens with zero attached hydrogens (tertiary/aromatic N) is 1. The highest BCUT2D eigenvalue weighted by Crippen LogP contribution is 2.40. The summed E-state index contributed by atoms with van der Waals surface area (Å²) in [5.41, 5.74) is -0.163. The number of aliphatic hydroxyl groups excluding tert-OH is 1. The normalized spacial score (nSPS) is 26.5. The molecule has 0 unspecified atom stereocenters. The highest BCUT2D eigenvalue weighted by atomic mass is 16.3. The molecular weight excluding hydrogens is 244 g/mol. The van der Waals surface area contributed by atoms with Crippen molar-refractivity contribution in [3.63, 3.8) is 0 Å². The van der Waals surface area contributed by atoms with Crippen LogP contribution in [0.1, 0.15) is 30.9 Å². The summed E-state index contributed by atoms with van der Waals surface area (Å²) in [6, 6.07) is 0.0464. The highest BCUT2D eigenvalue weighted by Gasteiger charge is 2.34. The van der Waals surface area contributed by atoms with Crippen LogP contribution in [0.3, 0.4) is 0 Å². The van der Waals surface area contributed by atoms with Crippen LogP contribution in [0.15, 0.2) is 28.4 Å². The molecule has 1 aliphatic carbocycles. The second-order valence-corrected chi connectivity index (χ2v) is 5.33. The van der Waals surface area contributed by atoms with E-state index in [0.29, 0.717) is 11.5 Å². The fourth-order valence-electron chi connectivity index (χ4n) is 2.99. The number of aromatic nitrogens is 2. The van der Waals surface area contributed by atoms with Crippen molar-refractivity contribution in [2.45, 2.75) is 32.2 Å². The van der Waals surface area contributed by atoms with Crippen LogP contribution in [0, 0.1) is 18.8 Å². The first-order chi connectivity index (χ1) is 9.06. The zero-order valence-corrected chi connectivity index (χ0v) is 11.1. The predicted molar refractivity (Wildman–Crippen MR) is 73.2 cm³/mol. The number of hydrogen-bond donors (Lipinski definition) is 2. The quantitative estimate of drug-likeness (QED) is 0.796. The minimum absolute atomic E-state index is 0.0464. The van der Waals surface area contributed by atoms with E-state index in [1.165, 1.54) is 0 Å². The van der Waals surface area contributed by atoms with Crippen LogP contribution in [-0.2, 0) is 0 Å². The van der Waals surface area contributed by atoms with E-state index in [9.17, 15) is 14.7 Å². The van der Waals surface area contributed by atoms with Crippen LogP contribution < -0.4 is 11.2 Å². The summed E-state index contributed by atoms with van der Waals surface area (Å²) in [6.07, 6.45) is 5.93. The number of aliphatic hydroxyl groups is 1. The molecule has 5 nitrogen and oxygen atoms in total. The fourth-order valence-corrected chi connectivity index (χ4v) is 2.99. The van der Waals surface area contributed by atoms with Gasteiger partial charge in [-0.25, -0.2) is 4.79 Å². The number of aromatic amines is 1. The van der Waals surface area contributed by atoms with Crippen LogP contribution in [0.4, 0.5) is 0 Å². The molecule has 0 radical (unpaired) electrons. The number of hydrogen-bond acceptors (Lipinski definition) is 3. The lowest BCUT2D eigenvalue weighted by molar-refractivity contribution is 0.194. The summed E-state index contributed by atoms with van der Waals surface area (Å²) in [6.45, 7) is 5.56. The van der Waals surface area contributed by atoms with Gasteiger partial charge >= 0.3 is 5.69 Å². The minimum atomic E-state index is -0.364. The van der Waals surface area contributed by atoms with E-state index in [1.807, 2.05) is 6.08 Å². The Hall–Kier alpha value is -1.62. The standard InChI is InChI=1S/C14H20N2O3/c1-3-4-10-5-12(6-11(10)8-17)16-7-9(2)13(18)15-14(16)19/h3,7,10-12,17H,1,4-6,8H2,2H3,(H,15,18,19)/t10-,11+,12-/m0/s1. The Balaban J connectivity index is 2.29. The van der Waals surface area contributed by atoms with E-state index >= 15 is 0 Å². The third-order valence-corrected chi connectivity index (χ3v) is 4.06. The van der Waals surface area contributed by atoms with Gasteiger partial charge < -0.3 is 5.11 Å². The molecule has 0 bridgehead atoms. The van der Waals surface area contributed by atoms with Crippen LogP contribution in [0.2, 0.25) is 0 Å². The largest absolute Gasteiger partial charge is 0.396 e. The lowest BCUT2D eigenvalue weighted by Crippen LogP contribution is -2.32. The molecule has 1 aromatic heterocycles. The second-order valence-electron chi connectivity index (χ2n) is 5.33. The minimum Gasteiger partial charge on any atom is -0.396 e. The van der Waals surface area contributed by atoms with Crippen molar-refractivity contribution in [2.75, 3.05) is 6.61 Å². The monoisotopic (exact) mass is 264 g/mol. The Morgan fingerprint density at radius 1 is 1.47 bits per heavy atom. The molecule has 2 N–H and O–H groups in total. The zero-order chi connectivity index (χ0) is 14.0. The third-order valence-electron chi connectivity index (χ3n) is 4.06. The van der Waals surface area contributed by atoms with Crippen LogP contribution in [0.5, 0.6) is 0 Å². The van der Waals surface area contributed by atoms with Crippen LogP contribution in [-0.4, -0.2) is 21.3 Å². The van der Waals surface area contributed by atoms with E-state index in [-0.39, 0.29) is 29.8 Å². The zero-order valence-electron chi connectivity index (χ0n) is 11.1. The number of allylic oxidation sites excluding steroid dienone is 1. The number of nitrogens with one attached hydrogen (secondary N) is 1. The molecule has 0 aromatic carbocycles. The molecule has 0 saturated heterocycles. The van der Waals surface area contributed by atoms with Gasteiger partial charge in [-0.05, 0) is 38.0 Å². The van der Waals surface area contributed by atoms with Gasteiger partial charge in [0.15, 0.2) is 0 Å². The van der Waals surface area contributed by atoms with Crippen molar-refractivity contribution in [2.24, 2.45) is 11.8 Å². The number of rotatable bonds is 4. The Kier molecular flexibility index (Phi) is 4.04. The van der Waals surface area contributed by atoms with Gasteiger partial charge in [0, 0.05) is 24.4 Å². The molecule has 1 aliphatic rings. The summed E-state index contributed by atoms with van der Waals surface area (Å²) < 4.78 is 1.60. The third kappa shape index (κ3) is 2.71. The number of H-pyrrole nitrogens is 1. The molecule has 0 amide bonds. The average molecular weight is 264 g/mol. The average Bonchev–Trinajstić information content (AvgIpc) is 2.77. The maximum absolute atomic E-state index is 11.9. The lowest BCUT2D eigenvalue weighted by Gasteiger charge is -2.14. The molecule has 1 heterocycles. The first-order valence-electron chi connectivity index (χ1n) is 6.60. The Morgan fingerprint density at radius 2 is 2.16 bits per heavy atom. The van der Waals surface area contributed by atoms with Gasteiger partial charge in [0.2, 0.25) is 0 Å². The molecule has 104 valence electrons. The summed E-state index contributed by atoms with van der Waals surface area (Å²) in [5.74, 6) is 0.550. The topological polar surface area (TPSA) is 75.1 Å². The summed E-state index contributed by atoms with van der Waals surface area (Å²) >= 11 is 0. The maximum Gasteiger partial charge on any atom is 0.328 e. The second kappa shape index (κ2) is 5.57. The summed E-state index contributed by atoms with van der Waals surface area (Å²) in [5, 5.41) is 9.42. The van der Waals surface area contributed by atoms with Gasteiger partial charge in [0.25, 0.3) is 5.56 Å². The summed E-state index contributed by atoms with van der Waals surface area (Å²) in [4.78, 5) is 25.6. The van der Waals surface area contributed by atoms with Crippen molar-refractivity contribution in [1.82, 2.24) is 9.55 Å². The molecule has 19 heavy (non-hydrogen) atoms. The van der Waals surface area contributed by atoms with Crippen LogP contribution in [0.25, 0.3) is 0 Å². The van der Waals surface area contributed by atoms with Gasteiger partial charge in [-0.15, -0.1) is 6.58 Å². The van der Waals surface area contributed by atoms with Gasteiger partial charge in [-0.1, -0.05) is 6.08 Å². The van der Waals surface area contributed by atoms with Gasteiger partial charge in [0.05, 0.1) is 0 Å². The van der Waals surface area contributed by atoms with E-state index in [0.717, 1.165) is 19.3 Å². The van der Waals surface area contributed by atoms with Crippen molar-refractivity contribution in [1.29, 1.82) is 0 Å². The van der Waals surface area contributed by atoms with Gasteiger partial charge in [-0.3, -0.25) is 14.3 Å². The summed E-state index contributed by atoms with van der Waals surface area (Å²) in [7, 11) is 0. The van der Waals surface area contributed by atoms with Gasteiger partial charge in [-0.2, -0.15) is 0 Å². The molecule has 1 aromatic rings. The van der Waals surface area contributed by atoms with Crippen molar-refractivity contribution in [3.8, 4) is 0 Å². The molecule has 1 fully saturated rings. The molecule has 0 spiro atoms. The predicted octanol–water partition coefficient (Wildman–Crippen LogP) is 0.981. The van der Waals surface area contributed by atoms with E-state index in [4.69, 9.17) is 0 Å². The molecule has 1 saturated carbocycles. The first kappa shape index (κ1) is 13.8. The molecule has 5 heteroatoms. The van der Waals surface area contributed by atoms with E-state index < -0.39 is 0 Å². The van der Waals surface area contributed by atoms with E-state index in [1.54, 1.807) is 17.7 Å². The van der Waals surface area contributed by atoms with Crippen molar-refractivity contribution in [3.05, 3.63) is 45.3 Å². The number of aryl methyl sites for hydroxylation is 1. The van der Waals surface area contributed by atoms with Gasteiger partial charge in [0.1, 0.15) is 0 Å². The Labute approximate surface area is 111 Å². The van der Waals surface area contributed by atoms with Crippen LogP contribution >= 0.6 is 0 Å². The molecule has 3 atom stereocenters. The Bertz CT molecular complexity index is 573. The smallest absolute Gasteiger partial charge is 0.328 e. The lowest BCUT2D eigenvalue weighted by atomic mass is 9.94. The Morgan fingerprint density at radius 3 is 2.79 bits per heavy atom. The molecule has 0 aliphatic heterocycles. The molecular formula is C14H20N2O3. The van der Waals surface area contributed by atoms with Crippen molar-refractivity contribution >= 4 is 0 Å². The maximum atomic E-state index is 11.9.